The summed E-state index contributed by atoms with van der Waals surface area (Å²) in [4.78, 5) is 4.21. The Balaban J connectivity index is 2.28. The summed E-state index contributed by atoms with van der Waals surface area (Å²) in [6.45, 7) is 2.72. The number of rotatable bonds is 1. The van der Waals surface area contributed by atoms with E-state index in [1.165, 1.54) is 5.56 Å². The number of allylic oxidation sites excluding steroid dienone is 1. The Hall–Kier alpha value is -1.57. The quantitative estimate of drug-likeness (QED) is 0.719. The summed E-state index contributed by atoms with van der Waals surface area (Å²) in [5.74, 6) is 0.719. The second-order valence-corrected chi connectivity index (χ2v) is 3.55. The average molecular weight is 187 g/mol. The van der Waals surface area contributed by atoms with Gasteiger partial charge < -0.3 is 5.11 Å². The number of aliphatic imine (C=N–C) groups is 1. The van der Waals surface area contributed by atoms with Crippen molar-refractivity contribution in [3.8, 4) is 5.75 Å². The van der Waals surface area contributed by atoms with Crippen LogP contribution in [0.4, 0.5) is 0 Å². The standard InChI is InChI=1S/C12H13NO/c1-9-7-10(4-5-12(9)14)11-3-2-6-13-8-11/h2-7,11,14H,8H2,1H3. The zero-order valence-corrected chi connectivity index (χ0v) is 8.14. The fourth-order valence-corrected chi connectivity index (χ4v) is 1.61. The van der Waals surface area contributed by atoms with Gasteiger partial charge in [-0.25, -0.2) is 0 Å². The molecule has 0 amide bonds. The minimum Gasteiger partial charge on any atom is -0.508 e. The molecule has 1 aromatic rings. The monoisotopic (exact) mass is 187 g/mol. The van der Waals surface area contributed by atoms with Crippen LogP contribution in [0, 0.1) is 6.92 Å². The third-order valence-electron chi connectivity index (χ3n) is 2.49. The predicted octanol–water partition coefficient (Wildman–Crippen LogP) is 2.42. The Labute approximate surface area is 83.6 Å². The minimum absolute atomic E-state index is 0.358. The van der Waals surface area contributed by atoms with Gasteiger partial charge in [0.2, 0.25) is 0 Å². The number of nitrogens with zero attached hydrogens (tertiary/aromatic N) is 1. The van der Waals surface area contributed by atoms with Crippen LogP contribution in [0.1, 0.15) is 17.0 Å². The maximum Gasteiger partial charge on any atom is 0.118 e. The molecule has 72 valence electrons. The number of hydrogen-bond acceptors (Lipinski definition) is 2. The average Bonchev–Trinajstić information content (AvgIpc) is 2.23. The maximum atomic E-state index is 9.39. The van der Waals surface area contributed by atoms with E-state index in [1.54, 1.807) is 6.07 Å². The van der Waals surface area contributed by atoms with Crippen LogP contribution in [0.2, 0.25) is 0 Å². The molecule has 1 aromatic carbocycles. The molecule has 0 saturated heterocycles. The Morgan fingerprint density at radius 1 is 1.43 bits per heavy atom. The maximum absolute atomic E-state index is 9.39. The van der Waals surface area contributed by atoms with E-state index in [0.29, 0.717) is 11.7 Å². The van der Waals surface area contributed by atoms with E-state index in [1.807, 2.05) is 31.3 Å². The Kier molecular flexibility index (Phi) is 2.35. The molecule has 14 heavy (non-hydrogen) atoms. The van der Waals surface area contributed by atoms with Gasteiger partial charge in [-0.3, -0.25) is 4.99 Å². The van der Waals surface area contributed by atoms with Gasteiger partial charge in [-0.05, 0) is 30.2 Å². The topological polar surface area (TPSA) is 32.6 Å². The van der Waals surface area contributed by atoms with Crippen LogP contribution in [-0.2, 0) is 0 Å². The largest absolute Gasteiger partial charge is 0.508 e. The van der Waals surface area contributed by atoms with E-state index in [4.69, 9.17) is 0 Å². The van der Waals surface area contributed by atoms with Crippen LogP contribution < -0.4 is 0 Å². The van der Waals surface area contributed by atoms with Gasteiger partial charge in [0, 0.05) is 18.7 Å². The third kappa shape index (κ3) is 1.69. The lowest BCUT2D eigenvalue weighted by atomic mass is 9.96. The fraction of sp³-hybridized carbons (Fsp3) is 0.250. The highest BCUT2D eigenvalue weighted by molar-refractivity contribution is 5.72. The SMILES string of the molecule is Cc1cc(C2C=CC=NC2)ccc1O. The van der Waals surface area contributed by atoms with Crippen molar-refractivity contribution in [1.29, 1.82) is 0 Å². The summed E-state index contributed by atoms with van der Waals surface area (Å²) in [6.07, 6.45) is 5.93. The first-order chi connectivity index (χ1) is 6.77. The molecule has 0 aromatic heterocycles. The third-order valence-corrected chi connectivity index (χ3v) is 2.49. The second-order valence-electron chi connectivity index (χ2n) is 3.55. The van der Waals surface area contributed by atoms with Crippen molar-refractivity contribution in [3.63, 3.8) is 0 Å². The van der Waals surface area contributed by atoms with Gasteiger partial charge in [-0.15, -0.1) is 0 Å². The lowest BCUT2D eigenvalue weighted by molar-refractivity contribution is 0.470. The highest BCUT2D eigenvalue weighted by atomic mass is 16.3. The number of dihydropyridines is 1. The van der Waals surface area contributed by atoms with E-state index in [0.717, 1.165) is 12.1 Å². The molecular weight excluding hydrogens is 174 g/mol. The molecule has 0 aliphatic carbocycles. The van der Waals surface area contributed by atoms with Crippen LogP contribution >= 0.6 is 0 Å². The van der Waals surface area contributed by atoms with Crippen molar-refractivity contribution in [2.75, 3.05) is 6.54 Å². The lowest BCUT2D eigenvalue weighted by Gasteiger charge is -2.13. The first kappa shape index (κ1) is 9.00. The normalized spacial score (nSPS) is 19.9. The number of benzene rings is 1. The Morgan fingerprint density at radius 3 is 2.93 bits per heavy atom. The molecule has 2 heteroatoms. The van der Waals surface area contributed by atoms with E-state index in [9.17, 15) is 5.11 Å². The summed E-state index contributed by atoms with van der Waals surface area (Å²) in [7, 11) is 0. The van der Waals surface area contributed by atoms with Crippen LogP contribution in [-0.4, -0.2) is 17.9 Å². The molecule has 0 saturated carbocycles. The van der Waals surface area contributed by atoms with Crippen molar-refractivity contribution in [2.45, 2.75) is 12.8 Å². The van der Waals surface area contributed by atoms with Gasteiger partial charge in [-0.2, -0.15) is 0 Å². The van der Waals surface area contributed by atoms with Crippen LogP contribution in [0.5, 0.6) is 5.75 Å². The van der Waals surface area contributed by atoms with E-state index >= 15 is 0 Å². The second kappa shape index (κ2) is 3.66. The zero-order valence-electron chi connectivity index (χ0n) is 8.14. The molecule has 0 fully saturated rings. The smallest absolute Gasteiger partial charge is 0.118 e. The summed E-state index contributed by atoms with van der Waals surface area (Å²) in [6, 6.07) is 5.72. The van der Waals surface area contributed by atoms with Gasteiger partial charge in [0.1, 0.15) is 5.75 Å². The molecule has 1 aliphatic heterocycles. The number of phenolic OH excluding ortho intramolecular Hbond substituents is 1. The molecule has 1 aliphatic rings. The van der Waals surface area contributed by atoms with Crippen molar-refractivity contribution in [3.05, 3.63) is 41.5 Å². The van der Waals surface area contributed by atoms with Gasteiger partial charge in [0.05, 0.1) is 0 Å². The van der Waals surface area contributed by atoms with Crippen molar-refractivity contribution in [2.24, 2.45) is 4.99 Å². The van der Waals surface area contributed by atoms with E-state index in [2.05, 4.69) is 11.1 Å². The minimum atomic E-state index is 0.358. The Morgan fingerprint density at radius 2 is 2.29 bits per heavy atom. The van der Waals surface area contributed by atoms with E-state index < -0.39 is 0 Å². The Bertz CT molecular complexity index is 393. The molecule has 1 unspecified atom stereocenters. The lowest BCUT2D eigenvalue weighted by Crippen LogP contribution is -2.03. The van der Waals surface area contributed by atoms with Gasteiger partial charge in [0.25, 0.3) is 0 Å². The van der Waals surface area contributed by atoms with Gasteiger partial charge in [0.15, 0.2) is 0 Å². The van der Waals surface area contributed by atoms with Crippen molar-refractivity contribution < 1.29 is 5.11 Å². The molecule has 0 bridgehead atoms. The molecule has 2 rings (SSSR count). The highest BCUT2D eigenvalue weighted by Gasteiger charge is 2.09. The van der Waals surface area contributed by atoms with Crippen LogP contribution in [0.25, 0.3) is 0 Å². The van der Waals surface area contributed by atoms with Gasteiger partial charge in [-0.1, -0.05) is 18.2 Å². The summed E-state index contributed by atoms with van der Waals surface area (Å²) in [5.41, 5.74) is 2.14. The summed E-state index contributed by atoms with van der Waals surface area (Å²) >= 11 is 0. The molecule has 1 heterocycles. The molecular formula is C12H13NO. The van der Waals surface area contributed by atoms with E-state index in [-0.39, 0.29) is 0 Å². The first-order valence-electron chi connectivity index (χ1n) is 4.73. The summed E-state index contributed by atoms with van der Waals surface area (Å²) in [5, 5.41) is 9.39. The molecule has 2 nitrogen and oxygen atoms in total. The molecule has 1 atom stereocenters. The highest BCUT2D eigenvalue weighted by Crippen LogP contribution is 2.24. The number of phenols is 1. The van der Waals surface area contributed by atoms with Crippen molar-refractivity contribution in [1.82, 2.24) is 0 Å². The summed E-state index contributed by atoms with van der Waals surface area (Å²) < 4.78 is 0. The predicted molar refractivity (Wildman–Crippen MR) is 58.1 cm³/mol. The number of aryl methyl sites for hydroxylation is 1. The molecule has 0 radical (unpaired) electrons. The molecule has 0 spiro atoms. The first-order valence-corrected chi connectivity index (χ1v) is 4.73. The fourth-order valence-electron chi connectivity index (χ4n) is 1.61. The zero-order chi connectivity index (χ0) is 9.97. The van der Waals surface area contributed by atoms with Gasteiger partial charge >= 0.3 is 0 Å². The van der Waals surface area contributed by atoms with Crippen LogP contribution in [0.3, 0.4) is 0 Å². The number of hydrogen-bond donors (Lipinski definition) is 1. The van der Waals surface area contributed by atoms with Crippen LogP contribution in [0.15, 0.2) is 35.3 Å². The van der Waals surface area contributed by atoms with Crippen molar-refractivity contribution >= 4 is 6.21 Å². The number of aromatic hydroxyl groups is 1. The molecule has 1 N–H and O–H groups in total.